The molecule has 2 aromatic heterocycles. The number of aryl methyl sites for hydroxylation is 1. The van der Waals surface area contributed by atoms with Gasteiger partial charge in [0, 0.05) is 13.2 Å². The summed E-state index contributed by atoms with van der Waals surface area (Å²) in [6.07, 6.45) is 1.34. The van der Waals surface area contributed by atoms with Crippen LogP contribution in [0.1, 0.15) is 16.2 Å². The van der Waals surface area contributed by atoms with Crippen LogP contribution in [0.4, 0.5) is 10.8 Å². The van der Waals surface area contributed by atoms with E-state index in [2.05, 4.69) is 9.97 Å². The summed E-state index contributed by atoms with van der Waals surface area (Å²) in [6, 6.07) is 3.82. The predicted molar refractivity (Wildman–Crippen MR) is 66.1 cm³/mol. The second-order valence-electron chi connectivity index (χ2n) is 3.47. The molecule has 0 radical (unpaired) electrons. The minimum atomic E-state index is -1.02. The molecule has 2 aromatic rings. The summed E-state index contributed by atoms with van der Waals surface area (Å²) in [7, 11) is 1.79. The van der Waals surface area contributed by atoms with Gasteiger partial charge in [-0.1, -0.05) is 0 Å². The number of hydrogen-bond acceptors (Lipinski definition) is 5. The number of rotatable bonds is 3. The normalized spacial score (nSPS) is 10.2. The molecule has 0 saturated heterocycles. The van der Waals surface area contributed by atoms with Crippen molar-refractivity contribution in [2.45, 2.75) is 6.92 Å². The Morgan fingerprint density at radius 2 is 2.29 bits per heavy atom. The molecule has 88 valence electrons. The fraction of sp³-hybridized carbons (Fsp3) is 0.182. The standard InChI is InChI=1S/C11H11N3O2S/c1-7-12-6-8(11(15)16)10(13-7)14(2)9-4-3-5-17-9/h3-6H,1-2H3,(H,15,16). The monoisotopic (exact) mass is 249 g/mol. The zero-order valence-corrected chi connectivity index (χ0v) is 10.2. The smallest absolute Gasteiger partial charge is 0.341 e. The van der Waals surface area contributed by atoms with Gasteiger partial charge in [-0.2, -0.15) is 0 Å². The van der Waals surface area contributed by atoms with E-state index in [0.29, 0.717) is 11.6 Å². The highest BCUT2D eigenvalue weighted by Gasteiger charge is 2.17. The van der Waals surface area contributed by atoms with Gasteiger partial charge < -0.3 is 10.0 Å². The van der Waals surface area contributed by atoms with Gasteiger partial charge in [0.25, 0.3) is 0 Å². The van der Waals surface area contributed by atoms with Crippen LogP contribution in [0, 0.1) is 6.92 Å². The summed E-state index contributed by atoms with van der Waals surface area (Å²) in [6.45, 7) is 1.73. The van der Waals surface area contributed by atoms with Crippen LogP contribution in [0.25, 0.3) is 0 Å². The van der Waals surface area contributed by atoms with E-state index in [1.54, 1.807) is 18.9 Å². The van der Waals surface area contributed by atoms with Crippen LogP contribution in [0.3, 0.4) is 0 Å². The molecule has 0 aliphatic rings. The Morgan fingerprint density at radius 3 is 2.88 bits per heavy atom. The van der Waals surface area contributed by atoms with Crippen LogP contribution < -0.4 is 4.90 Å². The molecule has 5 nitrogen and oxygen atoms in total. The van der Waals surface area contributed by atoms with E-state index in [0.717, 1.165) is 5.00 Å². The maximum Gasteiger partial charge on any atom is 0.341 e. The van der Waals surface area contributed by atoms with Gasteiger partial charge in [-0.3, -0.25) is 0 Å². The van der Waals surface area contributed by atoms with Gasteiger partial charge in [0.15, 0.2) is 5.82 Å². The Bertz CT molecular complexity index is 540. The number of aromatic nitrogens is 2. The number of carboxylic acids is 1. The van der Waals surface area contributed by atoms with E-state index in [4.69, 9.17) is 5.11 Å². The number of carbonyl (C=O) groups is 1. The lowest BCUT2D eigenvalue weighted by Crippen LogP contribution is -2.16. The van der Waals surface area contributed by atoms with Crippen molar-refractivity contribution in [1.29, 1.82) is 0 Å². The van der Waals surface area contributed by atoms with Gasteiger partial charge in [-0.15, -0.1) is 11.3 Å². The summed E-state index contributed by atoms with van der Waals surface area (Å²) >= 11 is 1.52. The quantitative estimate of drug-likeness (QED) is 0.904. The molecule has 6 heteroatoms. The highest BCUT2D eigenvalue weighted by Crippen LogP contribution is 2.28. The van der Waals surface area contributed by atoms with Crippen molar-refractivity contribution in [3.8, 4) is 0 Å². The first kappa shape index (κ1) is 11.5. The molecule has 0 fully saturated rings. The lowest BCUT2D eigenvalue weighted by Gasteiger charge is -2.17. The zero-order valence-electron chi connectivity index (χ0n) is 9.41. The van der Waals surface area contributed by atoms with Gasteiger partial charge in [0.05, 0.1) is 5.00 Å². The first-order valence-corrected chi connectivity index (χ1v) is 5.81. The largest absolute Gasteiger partial charge is 0.477 e. The maximum atomic E-state index is 11.1. The second kappa shape index (κ2) is 4.50. The fourth-order valence-corrected chi connectivity index (χ4v) is 2.13. The zero-order chi connectivity index (χ0) is 12.4. The number of aromatic carboxylic acids is 1. The van der Waals surface area contributed by atoms with Crippen molar-refractivity contribution >= 4 is 28.1 Å². The first-order chi connectivity index (χ1) is 8.09. The maximum absolute atomic E-state index is 11.1. The van der Waals surface area contributed by atoms with Crippen molar-refractivity contribution in [1.82, 2.24) is 9.97 Å². The number of anilines is 2. The van der Waals surface area contributed by atoms with Crippen LogP contribution >= 0.6 is 11.3 Å². The topological polar surface area (TPSA) is 66.3 Å². The Morgan fingerprint density at radius 1 is 1.53 bits per heavy atom. The summed E-state index contributed by atoms with van der Waals surface area (Å²) in [5.74, 6) is -0.0655. The molecule has 0 saturated carbocycles. The molecule has 0 aliphatic heterocycles. The van der Waals surface area contributed by atoms with Crippen LogP contribution in [0.5, 0.6) is 0 Å². The molecule has 2 rings (SSSR count). The van der Waals surface area contributed by atoms with Crippen LogP contribution in [-0.2, 0) is 0 Å². The second-order valence-corrected chi connectivity index (χ2v) is 4.40. The van der Waals surface area contributed by atoms with E-state index in [-0.39, 0.29) is 5.56 Å². The average Bonchev–Trinajstić information content (AvgIpc) is 2.80. The minimum absolute atomic E-state index is 0.103. The number of thiophene rings is 1. The van der Waals surface area contributed by atoms with Gasteiger partial charge in [0.1, 0.15) is 11.4 Å². The first-order valence-electron chi connectivity index (χ1n) is 4.94. The van der Waals surface area contributed by atoms with Gasteiger partial charge in [-0.25, -0.2) is 14.8 Å². The molecule has 0 aromatic carbocycles. The van der Waals surface area contributed by atoms with E-state index in [9.17, 15) is 4.79 Å². The molecular formula is C11H11N3O2S. The summed E-state index contributed by atoms with van der Waals surface area (Å²) in [5, 5.41) is 12.0. The van der Waals surface area contributed by atoms with Crippen LogP contribution in [0.15, 0.2) is 23.7 Å². The van der Waals surface area contributed by atoms with E-state index in [1.165, 1.54) is 17.5 Å². The van der Waals surface area contributed by atoms with Crippen molar-refractivity contribution in [3.63, 3.8) is 0 Å². The average molecular weight is 249 g/mol. The van der Waals surface area contributed by atoms with Crippen molar-refractivity contribution in [2.24, 2.45) is 0 Å². The molecule has 0 unspecified atom stereocenters. The Labute approximate surface area is 102 Å². The summed E-state index contributed by atoms with van der Waals surface area (Å²) in [5.41, 5.74) is 0.103. The fourth-order valence-electron chi connectivity index (χ4n) is 1.43. The number of nitrogens with zero attached hydrogens (tertiary/aromatic N) is 3. The molecular weight excluding hydrogens is 238 g/mol. The molecule has 1 N–H and O–H groups in total. The van der Waals surface area contributed by atoms with E-state index < -0.39 is 5.97 Å². The minimum Gasteiger partial charge on any atom is -0.477 e. The van der Waals surface area contributed by atoms with E-state index in [1.807, 2.05) is 17.5 Å². The summed E-state index contributed by atoms with van der Waals surface area (Å²) < 4.78 is 0. The molecule has 0 bridgehead atoms. The molecule has 17 heavy (non-hydrogen) atoms. The third-order valence-electron chi connectivity index (χ3n) is 2.27. The SMILES string of the molecule is Cc1ncc(C(=O)O)c(N(C)c2cccs2)n1. The Balaban J connectivity index is 2.50. The predicted octanol–water partition coefficient (Wildman–Crippen LogP) is 2.31. The Kier molecular flexibility index (Phi) is 3.06. The lowest BCUT2D eigenvalue weighted by molar-refractivity contribution is 0.0697. The number of hydrogen-bond donors (Lipinski definition) is 1. The van der Waals surface area contributed by atoms with Crippen molar-refractivity contribution < 1.29 is 9.90 Å². The third kappa shape index (κ3) is 2.26. The van der Waals surface area contributed by atoms with Crippen molar-refractivity contribution in [3.05, 3.63) is 35.1 Å². The van der Waals surface area contributed by atoms with Crippen LogP contribution in [0.2, 0.25) is 0 Å². The van der Waals surface area contributed by atoms with Crippen LogP contribution in [-0.4, -0.2) is 28.1 Å². The molecule has 0 aliphatic carbocycles. The molecule has 2 heterocycles. The molecule has 0 atom stereocenters. The highest BCUT2D eigenvalue weighted by molar-refractivity contribution is 7.14. The number of carboxylic acid groups (broad SMARTS) is 1. The van der Waals surface area contributed by atoms with Gasteiger partial charge in [-0.05, 0) is 24.4 Å². The Hall–Kier alpha value is -1.95. The lowest BCUT2D eigenvalue weighted by atomic mass is 10.3. The third-order valence-corrected chi connectivity index (χ3v) is 3.22. The highest BCUT2D eigenvalue weighted by atomic mass is 32.1. The van der Waals surface area contributed by atoms with Gasteiger partial charge in [0.2, 0.25) is 0 Å². The molecule has 0 spiro atoms. The van der Waals surface area contributed by atoms with Crippen molar-refractivity contribution in [2.75, 3.05) is 11.9 Å². The van der Waals surface area contributed by atoms with E-state index >= 15 is 0 Å². The molecule has 0 amide bonds. The van der Waals surface area contributed by atoms with Gasteiger partial charge >= 0.3 is 5.97 Å². The summed E-state index contributed by atoms with van der Waals surface area (Å²) in [4.78, 5) is 21.0.